The van der Waals surface area contributed by atoms with E-state index in [1.165, 1.54) is 0 Å². The number of ether oxygens (including phenoxy) is 2. The molecule has 2 aliphatic rings. The number of hydrogen-bond donors (Lipinski definition) is 0. The van der Waals surface area contributed by atoms with Gasteiger partial charge in [-0.25, -0.2) is 9.97 Å². The first kappa shape index (κ1) is 14.8. The van der Waals surface area contributed by atoms with Crippen LogP contribution in [-0.4, -0.2) is 32.5 Å². The highest BCUT2D eigenvalue weighted by atomic mass is 16.8. The highest BCUT2D eigenvalue weighted by Gasteiger charge is 2.59. The van der Waals surface area contributed by atoms with Gasteiger partial charge in [0.25, 0.3) is 0 Å². The Hall–Kier alpha value is -1.72. The SMILES string of the molecule is C=C[C@@]1(C)C[C@@H](n2ccc3c(C)ncnc32)[C@@H]2OC(C)(C)O[C@@H]21. The van der Waals surface area contributed by atoms with E-state index < -0.39 is 5.79 Å². The van der Waals surface area contributed by atoms with E-state index in [4.69, 9.17) is 9.47 Å². The van der Waals surface area contributed by atoms with Gasteiger partial charge in [0.05, 0.1) is 17.8 Å². The van der Waals surface area contributed by atoms with E-state index in [1.807, 2.05) is 26.8 Å². The van der Waals surface area contributed by atoms with Crippen LogP contribution in [0.5, 0.6) is 0 Å². The molecular formula is C18H23N3O2. The van der Waals surface area contributed by atoms with Crippen molar-refractivity contribution < 1.29 is 9.47 Å². The molecule has 2 aromatic rings. The summed E-state index contributed by atoms with van der Waals surface area (Å²) in [4.78, 5) is 8.79. The lowest BCUT2D eigenvalue weighted by Gasteiger charge is -2.28. The fourth-order valence-corrected chi connectivity index (χ4v) is 4.08. The van der Waals surface area contributed by atoms with Crippen LogP contribution in [0.4, 0.5) is 0 Å². The van der Waals surface area contributed by atoms with Gasteiger partial charge in [-0.2, -0.15) is 0 Å². The second-order valence-corrected chi connectivity index (χ2v) is 7.42. The van der Waals surface area contributed by atoms with Crippen LogP contribution in [0.15, 0.2) is 31.2 Å². The molecule has 4 atom stereocenters. The summed E-state index contributed by atoms with van der Waals surface area (Å²) in [5, 5.41) is 1.09. The molecule has 0 unspecified atom stereocenters. The van der Waals surface area contributed by atoms with E-state index in [-0.39, 0.29) is 23.7 Å². The standard InChI is InChI=1S/C18H23N3O2/c1-6-18(5)9-13(14-15(18)23-17(3,4)22-14)21-8-7-12-11(2)19-10-20-16(12)21/h6-8,10,13-15H,1,9H2,2-5H3/t13-,14+,15+,18+/m1/s1. The Balaban J connectivity index is 1.82. The largest absolute Gasteiger partial charge is 0.344 e. The van der Waals surface area contributed by atoms with E-state index in [2.05, 4.69) is 40.3 Å². The summed E-state index contributed by atoms with van der Waals surface area (Å²) in [6.07, 6.45) is 6.68. The summed E-state index contributed by atoms with van der Waals surface area (Å²) in [5.41, 5.74) is 1.85. The van der Waals surface area contributed by atoms with Gasteiger partial charge in [0.15, 0.2) is 5.79 Å². The van der Waals surface area contributed by atoms with Crippen molar-refractivity contribution in [2.75, 3.05) is 0 Å². The number of rotatable bonds is 2. The lowest BCUT2D eigenvalue weighted by atomic mass is 9.86. The van der Waals surface area contributed by atoms with Gasteiger partial charge in [0.2, 0.25) is 0 Å². The van der Waals surface area contributed by atoms with Gasteiger partial charge in [-0.15, -0.1) is 6.58 Å². The Morgan fingerprint density at radius 3 is 2.83 bits per heavy atom. The quantitative estimate of drug-likeness (QED) is 0.797. The van der Waals surface area contributed by atoms with Crippen LogP contribution in [0.2, 0.25) is 0 Å². The third kappa shape index (κ3) is 2.07. The van der Waals surface area contributed by atoms with Gasteiger partial charge in [-0.3, -0.25) is 0 Å². The molecule has 0 radical (unpaired) electrons. The van der Waals surface area contributed by atoms with E-state index in [0.717, 1.165) is 23.1 Å². The van der Waals surface area contributed by atoms with Crippen LogP contribution in [-0.2, 0) is 9.47 Å². The molecule has 0 amide bonds. The first-order chi connectivity index (χ1) is 10.8. The summed E-state index contributed by atoms with van der Waals surface area (Å²) in [6.45, 7) is 12.2. The van der Waals surface area contributed by atoms with Gasteiger partial charge in [0.1, 0.15) is 18.1 Å². The molecule has 122 valence electrons. The van der Waals surface area contributed by atoms with Crippen molar-refractivity contribution in [3.05, 3.63) is 36.9 Å². The summed E-state index contributed by atoms with van der Waals surface area (Å²) < 4.78 is 14.7. The van der Waals surface area contributed by atoms with E-state index >= 15 is 0 Å². The van der Waals surface area contributed by atoms with Crippen LogP contribution in [0.25, 0.3) is 11.0 Å². The fourth-order valence-electron chi connectivity index (χ4n) is 4.08. The predicted molar refractivity (Wildman–Crippen MR) is 88.0 cm³/mol. The smallest absolute Gasteiger partial charge is 0.163 e. The van der Waals surface area contributed by atoms with Crippen molar-refractivity contribution in [1.29, 1.82) is 0 Å². The molecule has 5 nitrogen and oxygen atoms in total. The monoisotopic (exact) mass is 313 g/mol. The molecule has 0 N–H and O–H groups in total. The van der Waals surface area contributed by atoms with Crippen molar-refractivity contribution in [2.45, 2.75) is 58.2 Å². The maximum Gasteiger partial charge on any atom is 0.163 e. The lowest BCUT2D eigenvalue weighted by Crippen LogP contribution is -2.31. The van der Waals surface area contributed by atoms with Crippen molar-refractivity contribution in [2.24, 2.45) is 5.41 Å². The molecule has 4 rings (SSSR count). The number of hydrogen-bond acceptors (Lipinski definition) is 4. The molecule has 1 saturated carbocycles. The zero-order valence-corrected chi connectivity index (χ0v) is 14.1. The molecule has 3 heterocycles. The maximum absolute atomic E-state index is 6.25. The molecule has 1 aliphatic heterocycles. The van der Waals surface area contributed by atoms with Gasteiger partial charge in [0, 0.05) is 17.0 Å². The highest BCUT2D eigenvalue weighted by molar-refractivity contribution is 5.78. The van der Waals surface area contributed by atoms with E-state index in [1.54, 1.807) is 6.33 Å². The Labute approximate surface area is 136 Å². The molecule has 2 fully saturated rings. The number of aromatic nitrogens is 3. The number of aryl methyl sites for hydroxylation is 1. The first-order valence-electron chi connectivity index (χ1n) is 8.12. The molecule has 1 saturated heterocycles. The van der Waals surface area contributed by atoms with E-state index in [0.29, 0.717) is 0 Å². The van der Waals surface area contributed by atoms with E-state index in [9.17, 15) is 0 Å². The molecule has 23 heavy (non-hydrogen) atoms. The van der Waals surface area contributed by atoms with Gasteiger partial charge < -0.3 is 14.0 Å². The van der Waals surface area contributed by atoms with Crippen LogP contribution < -0.4 is 0 Å². The summed E-state index contributed by atoms with van der Waals surface area (Å²) in [5.74, 6) is -0.563. The van der Waals surface area contributed by atoms with Crippen molar-refractivity contribution in [1.82, 2.24) is 14.5 Å². The molecule has 1 aliphatic carbocycles. The Bertz CT molecular complexity index is 782. The topological polar surface area (TPSA) is 49.2 Å². The molecular weight excluding hydrogens is 290 g/mol. The second-order valence-electron chi connectivity index (χ2n) is 7.42. The van der Waals surface area contributed by atoms with Crippen LogP contribution >= 0.6 is 0 Å². The van der Waals surface area contributed by atoms with Crippen LogP contribution in [0, 0.1) is 12.3 Å². The van der Waals surface area contributed by atoms with Gasteiger partial charge in [-0.1, -0.05) is 13.0 Å². The zero-order valence-electron chi connectivity index (χ0n) is 14.1. The third-order valence-electron chi connectivity index (χ3n) is 5.34. The maximum atomic E-state index is 6.25. The average Bonchev–Trinajstić information content (AvgIpc) is 3.12. The second kappa shape index (κ2) is 4.65. The Morgan fingerprint density at radius 1 is 1.30 bits per heavy atom. The minimum Gasteiger partial charge on any atom is -0.344 e. The Morgan fingerprint density at radius 2 is 2.09 bits per heavy atom. The molecule has 2 aromatic heterocycles. The molecule has 0 aromatic carbocycles. The lowest BCUT2D eigenvalue weighted by molar-refractivity contribution is -0.164. The Kier molecular flexibility index (Phi) is 3.00. The zero-order chi connectivity index (χ0) is 16.4. The molecule has 5 heteroatoms. The normalized spacial score (nSPS) is 35.6. The molecule has 0 bridgehead atoms. The minimum absolute atomic E-state index is 0.00104. The number of fused-ring (bicyclic) bond motifs is 2. The summed E-state index contributed by atoms with van der Waals surface area (Å²) >= 11 is 0. The highest BCUT2D eigenvalue weighted by Crippen LogP contribution is 2.54. The third-order valence-corrected chi connectivity index (χ3v) is 5.34. The number of nitrogens with zero attached hydrogens (tertiary/aromatic N) is 3. The van der Waals surface area contributed by atoms with Crippen LogP contribution in [0.3, 0.4) is 0 Å². The summed E-state index contributed by atoms with van der Waals surface area (Å²) in [7, 11) is 0. The van der Waals surface area contributed by atoms with Crippen molar-refractivity contribution in [3.8, 4) is 0 Å². The van der Waals surface area contributed by atoms with Crippen molar-refractivity contribution in [3.63, 3.8) is 0 Å². The first-order valence-corrected chi connectivity index (χ1v) is 8.12. The van der Waals surface area contributed by atoms with Crippen LogP contribution in [0.1, 0.15) is 38.9 Å². The van der Waals surface area contributed by atoms with Crippen molar-refractivity contribution >= 4 is 11.0 Å². The average molecular weight is 313 g/mol. The minimum atomic E-state index is -0.563. The summed E-state index contributed by atoms with van der Waals surface area (Å²) in [6, 6.07) is 2.26. The van der Waals surface area contributed by atoms with Gasteiger partial charge >= 0.3 is 0 Å². The predicted octanol–water partition coefficient (Wildman–Crippen LogP) is 3.40. The molecule has 0 spiro atoms. The fraction of sp³-hybridized carbons (Fsp3) is 0.556. The van der Waals surface area contributed by atoms with Gasteiger partial charge in [-0.05, 0) is 33.3 Å².